The highest BCUT2D eigenvalue weighted by molar-refractivity contribution is 6.03. The molecular weight excluding hydrogens is 1500 g/mol. The highest BCUT2D eigenvalue weighted by Gasteiger charge is 2.45. The second-order valence-corrected chi connectivity index (χ2v) is 32.5. The number of aliphatic hydroxyl groups is 1. The van der Waals surface area contributed by atoms with Gasteiger partial charge in [0.25, 0.3) is 5.91 Å². The fourth-order valence-corrected chi connectivity index (χ4v) is 13.0. The summed E-state index contributed by atoms with van der Waals surface area (Å²) in [7, 11) is 0. The van der Waals surface area contributed by atoms with Crippen LogP contribution in [0.25, 0.3) is 0 Å². The van der Waals surface area contributed by atoms with Gasteiger partial charge >= 0.3 is 5.97 Å². The molecule has 14 amide bonds. The Hall–Kier alpha value is -9.15. The lowest BCUT2D eigenvalue weighted by Gasteiger charge is -2.34. The number of nitrogens with two attached hydrogens (primary N) is 1. The van der Waals surface area contributed by atoms with Crippen LogP contribution in [0, 0.1) is 47.3 Å². The molecule has 0 saturated carbocycles. The summed E-state index contributed by atoms with van der Waals surface area (Å²) in [5.41, 5.74) is 5.83. The molecule has 1 aromatic rings. The lowest BCUT2D eigenvalue weighted by molar-refractivity contribution is -0.157. The number of allylic oxidation sites excluding steroid dienone is 1. The molecule has 2 saturated heterocycles. The molecule has 654 valence electrons. The molecule has 2 aliphatic rings. The number of rotatable bonds is 42. The first-order chi connectivity index (χ1) is 54.6. The van der Waals surface area contributed by atoms with Crippen LogP contribution in [0.15, 0.2) is 42.1 Å². The number of cyclic esters (lactones) is 1. The second-order valence-electron chi connectivity index (χ2n) is 32.5. The molecule has 34 nitrogen and oxygen atoms in total. The average Bonchev–Trinajstić information content (AvgIpc) is 1.52. The number of esters is 1. The Morgan fingerprint density at radius 2 is 1.16 bits per heavy atom. The van der Waals surface area contributed by atoms with Gasteiger partial charge in [0, 0.05) is 38.9 Å². The van der Waals surface area contributed by atoms with E-state index in [1.54, 1.807) is 127 Å². The SMILES string of the molecule is C/C=C1\NC(=O)[C@H](Cc2ccccc2)NC(=O)[C@@H](C(C)C)NC(=O)[C@@H]([C@@H](C)CC)NC(=O)[C@H](NC(=O)[C@H](NC(=O)[C@H](CCCNC(=O)CCOCCOCCN)NC(=O)[C@H]2CCCN2C(=O)[C@H](NC(=O)[C@@H](NC(=O)[C@@H](NC(=O)[C@H](NC(=O)CCCC(C)C)C(C)C)[C@@H](C)O)C(C)C)C(C)C)[C@@H](C)CC)[C@@H](C)OC(=O)[C@H](C(C)C)NC1=O. The lowest BCUT2D eigenvalue weighted by Crippen LogP contribution is -2.64. The molecular formula is C82H137N15O19. The Morgan fingerprint density at radius 1 is 0.595 bits per heavy atom. The zero-order valence-electron chi connectivity index (χ0n) is 71.7. The maximum atomic E-state index is 15.3. The van der Waals surface area contributed by atoms with Crippen LogP contribution in [0.1, 0.15) is 201 Å². The van der Waals surface area contributed by atoms with Crippen molar-refractivity contribution in [1.82, 2.24) is 74.0 Å². The molecule has 116 heavy (non-hydrogen) atoms. The minimum Gasteiger partial charge on any atom is -0.458 e. The molecule has 1 aromatic carbocycles. The van der Waals surface area contributed by atoms with Crippen LogP contribution in [0.2, 0.25) is 0 Å². The van der Waals surface area contributed by atoms with Crippen molar-refractivity contribution in [2.24, 2.45) is 53.1 Å². The van der Waals surface area contributed by atoms with Crippen molar-refractivity contribution in [3.05, 3.63) is 47.7 Å². The average molecular weight is 1640 g/mol. The predicted octanol–water partition coefficient (Wildman–Crippen LogP) is 1.38. The predicted molar refractivity (Wildman–Crippen MR) is 435 cm³/mol. The lowest BCUT2D eigenvalue weighted by atomic mass is 9.95. The summed E-state index contributed by atoms with van der Waals surface area (Å²) in [6, 6.07) is -8.27. The largest absolute Gasteiger partial charge is 0.458 e. The summed E-state index contributed by atoms with van der Waals surface area (Å²) in [5.74, 6) is -16.2. The smallest absolute Gasteiger partial charge is 0.329 e. The number of likely N-dealkylation sites (tertiary alicyclic amines) is 1. The number of amides is 14. The summed E-state index contributed by atoms with van der Waals surface area (Å²) < 4.78 is 16.8. The minimum atomic E-state index is -1.88. The van der Waals surface area contributed by atoms with Gasteiger partial charge in [0.2, 0.25) is 76.8 Å². The van der Waals surface area contributed by atoms with Crippen molar-refractivity contribution in [3.8, 4) is 0 Å². The first kappa shape index (κ1) is 101. The van der Waals surface area contributed by atoms with Crippen LogP contribution in [-0.4, -0.2) is 229 Å². The van der Waals surface area contributed by atoms with Crippen LogP contribution in [0.3, 0.4) is 0 Å². The Morgan fingerprint density at radius 3 is 1.72 bits per heavy atom. The molecule has 3 rings (SSSR count). The number of carbonyl (C=O) groups excluding carboxylic acids is 15. The second kappa shape index (κ2) is 51.1. The van der Waals surface area contributed by atoms with Crippen LogP contribution in [-0.2, 0) is 92.5 Å². The third kappa shape index (κ3) is 33.1. The van der Waals surface area contributed by atoms with Crippen molar-refractivity contribution in [1.29, 1.82) is 0 Å². The van der Waals surface area contributed by atoms with Gasteiger partial charge in [-0.15, -0.1) is 0 Å². The van der Waals surface area contributed by atoms with E-state index in [0.717, 1.165) is 6.42 Å². The Balaban J connectivity index is 2.10. The van der Waals surface area contributed by atoms with Gasteiger partial charge in [0.05, 0.1) is 32.5 Å². The van der Waals surface area contributed by atoms with E-state index >= 15 is 14.4 Å². The van der Waals surface area contributed by atoms with Gasteiger partial charge in [-0.25, -0.2) is 4.79 Å². The zero-order valence-corrected chi connectivity index (χ0v) is 71.7. The monoisotopic (exact) mass is 1640 g/mol. The molecule has 0 bridgehead atoms. The molecule has 16 N–H and O–H groups in total. The molecule has 34 heteroatoms. The van der Waals surface area contributed by atoms with Gasteiger partial charge in [-0.3, -0.25) is 67.1 Å². The van der Waals surface area contributed by atoms with Crippen molar-refractivity contribution in [3.63, 3.8) is 0 Å². The van der Waals surface area contributed by atoms with E-state index < -0.39 is 209 Å². The molecule has 0 radical (unpaired) electrons. The fourth-order valence-electron chi connectivity index (χ4n) is 13.0. The summed E-state index contributed by atoms with van der Waals surface area (Å²) in [6.45, 7) is 32.6. The summed E-state index contributed by atoms with van der Waals surface area (Å²) >= 11 is 0. The Labute approximate surface area is 684 Å². The topological polar surface area (TPSA) is 490 Å². The highest BCUT2D eigenvalue weighted by atomic mass is 16.5. The maximum absolute atomic E-state index is 15.3. The molecule has 2 heterocycles. The van der Waals surface area contributed by atoms with Crippen molar-refractivity contribution in [2.75, 3.05) is 46.1 Å². The van der Waals surface area contributed by atoms with E-state index in [2.05, 4.69) is 69.1 Å². The van der Waals surface area contributed by atoms with Crippen molar-refractivity contribution >= 4 is 88.7 Å². The number of benzene rings is 1. The van der Waals surface area contributed by atoms with Gasteiger partial charge < -0.3 is 99.1 Å². The molecule has 2 fully saturated rings. The Kier molecular flexibility index (Phi) is 44.5. The first-order valence-corrected chi connectivity index (χ1v) is 41.3. The van der Waals surface area contributed by atoms with Gasteiger partial charge in [-0.2, -0.15) is 0 Å². The van der Waals surface area contributed by atoms with Crippen LogP contribution >= 0.6 is 0 Å². The quantitative estimate of drug-likeness (QED) is 0.0250. The summed E-state index contributed by atoms with van der Waals surface area (Å²) in [5, 5.41) is 46.1. The van der Waals surface area contributed by atoms with E-state index in [1.807, 2.05) is 13.8 Å². The van der Waals surface area contributed by atoms with Gasteiger partial charge in [-0.1, -0.05) is 166 Å². The molecule has 0 aliphatic carbocycles. The third-order valence-electron chi connectivity index (χ3n) is 20.7. The van der Waals surface area contributed by atoms with E-state index in [4.69, 9.17) is 19.9 Å². The number of carbonyl (C=O) groups is 15. The molecule has 0 unspecified atom stereocenters. The number of ether oxygens (including phenoxy) is 3. The number of nitrogens with one attached hydrogen (secondary N) is 13. The third-order valence-corrected chi connectivity index (χ3v) is 20.7. The van der Waals surface area contributed by atoms with Crippen molar-refractivity contribution < 1.29 is 91.2 Å². The van der Waals surface area contributed by atoms with E-state index in [0.29, 0.717) is 37.5 Å². The standard InChI is InChI=1S/C82H137N15O19/c1-20-50(16)66(78(109)96-69-53(19)116-82(113)65(49(14)15)92-70(101)55(22-3)85-72(103)57(43-54-30-24-23-25-31-54)87-74(105)62(46(8)9)89-77(108)67(51(17)21-2)94-80(69)111)93-71(102)56(32-27-37-84-59(99)35-39-114-41-42-115-40-36-83)86-73(104)58-33-28-38-97(58)81(112)64(48(12)13)91-76(107)63(47(10)11)90-79(110)68(52(18)98)95-75(106)61(45(6)7)88-60(100)34-26-29-44(4)5/h22-25,30-31,44-53,56-58,61-69,98H,20-21,26-29,32-43,83H2,1-19H3,(H,84,99)(H,85,103)(H,86,104)(H,87,105)(H,88,100)(H,89,108)(H,90,110)(H,91,107)(H,92,101)(H,93,102)(H,94,111)(H,95,106)(H,96,109)/b55-22-/t50-,51-,52+,53+,56-,57-,58+,61+,62+,63-,64+,65-,66+,67+,68-,69+/m0/s1. The van der Waals surface area contributed by atoms with E-state index in [9.17, 15) is 62.6 Å². The molecule has 2 aliphatic heterocycles. The fraction of sp³-hybridized carbons (Fsp3) is 0.720. The van der Waals surface area contributed by atoms with E-state index in [1.165, 1.54) is 31.7 Å². The minimum absolute atomic E-state index is 0.0155. The van der Waals surface area contributed by atoms with Crippen LogP contribution < -0.4 is 74.9 Å². The van der Waals surface area contributed by atoms with E-state index in [-0.39, 0.29) is 95.9 Å². The number of hydrogen-bond acceptors (Lipinski definition) is 20. The van der Waals surface area contributed by atoms with Crippen LogP contribution in [0.4, 0.5) is 0 Å². The number of aliphatic hydroxyl groups excluding tert-OH is 1. The maximum Gasteiger partial charge on any atom is 0.329 e. The van der Waals surface area contributed by atoms with Gasteiger partial charge in [0.1, 0.15) is 84.3 Å². The Bertz CT molecular complexity index is 3450. The zero-order chi connectivity index (χ0) is 87.4. The van der Waals surface area contributed by atoms with Gasteiger partial charge in [0.15, 0.2) is 0 Å². The first-order valence-electron chi connectivity index (χ1n) is 41.3. The molecule has 16 atom stereocenters. The number of hydrogen-bond donors (Lipinski definition) is 15. The van der Waals surface area contributed by atoms with Gasteiger partial charge in [-0.05, 0) is 106 Å². The number of nitrogens with zero attached hydrogens (tertiary/aromatic N) is 1. The molecule has 0 spiro atoms. The van der Waals surface area contributed by atoms with Crippen LogP contribution in [0.5, 0.6) is 0 Å². The van der Waals surface area contributed by atoms with Crippen molar-refractivity contribution in [2.45, 2.75) is 287 Å². The normalized spacial score (nSPS) is 21.5. The highest BCUT2D eigenvalue weighted by Crippen LogP contribution is 2.23. The molecule has 0 aromatic heterocycles. The summed E-state index contributed by atoms with van der Waals surface area (Å²) in [6.07, 6.45) is 0.415. The summed E-state index contributed by atoms with van der Waals surface area (Å²) in [4.78, 5) is 217.